The van der Waals surface area contributed by atoms with E-state index in [0.29, 0.717) is 5.56 Å². The van der Waals surface area contributed by atoms with Gasteiger partial charge in [0.2, 0.25) is 5.91 Å². The fraction of sp³-hybridized carbons (Fsp3) is 0.125. The Morgan fingerprint density at radius 2 is 2.29 bits per heavy atom. The standard InChI is InChI=1S/C8H9ClN4O/c9-6-4-5(8(11)13-12-6)2-1-3-7(10)14/h1-2,4H,3H2,(H2,10,14)(H2,11,13). The molecule has 1 aromatic heterocycles. The minimum atomic E-state index is -0.409. The van der Waals surface area contributed by atoms with Gasteiger partial charge in [-0.3, -0.25) is 4.79 Å². The Bertz CT molecular complexity index is 378. The molecule has 5 nitrogen and oxygen atoms in total. The lowest BCUT2D eigenvalue weighted by Crippen LogP contribution is -2.08. The molecule has 0 aliphatic carbocycles. The molecule has 74 valence electrons. The highest BCUT2D eigenvalue weighted by molar-refractivity contribution is 6.29. The number of nitrogen functional groups attached to an aromatic ring is 1. The maximum atomic E-state index is 10.4. The number of aromatic nitrogens is 2. The van der Waals surface area contributed by atoms with Crippen LogP contribution in [0.4, 0.5) is 5.82 Å². The van der Waals surface area contributed by atoms with Gasteiger partial charge in [0, 0.05) is 12.0 Å². The van der Waals surface area contributed by atoms with Crippen LogP contribution in [0.25, 0.3) is 6.08 Å². The number of anilines is 1. The number of carbonyl (C=O) groups excluding carboxylic acids is 1. The summed E-state index contributed by atoms with van der Waals surface area (Å²) < 4.78 is 0. The number of rotatable bonds is 3. The number of nitrogens with two attached hydrogens (primary N) is 2. The molecule has 0 aliphatic rings. The summed E-state index contributed by atoms with van der Waals surface area (Å²) in [6, 6.07) is 1.56. The first-order chi connectivity index (χ1) is 6.59. The normalized spacial score (nSPS) is 10.6. The first-order valence-electron chi connectivity index (χ1n) is 3.83. The maximum Gasteiger partial charge on any atom is 0.221 e. The fourth-order valence-corrected chi connectivity index (χ4v) is 0.981. The van der Waals surface area contributed by atoms with Crippen LogP contribution >= 0.6 is 11.6 Å². The van der Waals surface area contributed by atoms with E-state index in [1.54, 1.807) is 18.2 Å². The van der Waals surface area contributed by atoms with Crippen molar-refractivity contribution in [1.29, 1.82) is 0 Å². The van der Waals surface area contributed by atoms with Crippen molar-refractivity contribution in [2.75, 3.05) is 5.73 Å². The monoisotopic (exact) mass is 212 g/mol. The Balaban J connectivity index is 2.80. The van der Waals surface area contributed by atoms with Gasteiger partial charge in [-0.2, -0.15) is 0 Å². The second-order valence-corrected chi connectivity index (χ2v) is 2.97. The Hall–Kier alpha value is -1.62. The molecule has 0 fully saturated rings. The molecule has 0 atom stereocenters. The van der Waals surface area contributed by atoms with E-state index in [-0.39, 0.29) is 17.4 Å². The summed E-state index contributed by atoms with van der Waals surface area (Å²) in [4.78, 5) is 10.4. The number of carbonyl (C=O) groups is 1. The number of primary amides is 1. The zero-order chi connectivity index (χ0) is 10.6. The largest absolute Gasteiger partial charge is 0.382 e. The van der Waals surface area contributed by atoms with Crippen molar-refractivity contribution in [1.82, 2.24) is 10.2 Å². The number of hydrogen-bond donors (Lipinski definition) is 2. The van der Waals surface area contributed by atoms with Crippen molar-refractivity contribution in [3.8, 4) is 0 Å². The highest BCUT2D eigenvalue weighted by Crippen LogP contribution is 2.13. The van der Waals surface area contributed by atoms with E-state index in [9.17, 15) is 4.79 Å². The number of amides is 1. The van der Waals surface area contributed by atoms with E-state index in [0.717, 1.165) is 0 Å². The molecule has 1 amide bonds. The van der Waals surface area contributed by atoms with Gasteiger partial charge in [-0.25, -0.2) is 0 Å². The predicted octanol–water partition coefficient (Wildman–Crippen LogP) is 0.601. The highest BCUT2D eigenvalue weighted by Gasteiger charge is 1.98. The number of hydrogen-bond acceptors (Lipinski definition) is 4. The van der Waals surface area contributed by atoms with Gasteiger partial charge >= 0.3 is 0 Å². The Labute approximate surface area is 85.8 Å². The molecular formula is C8H9ClN4O. The fourth-order valence-electron chi connectivity index (χ4n) is 0.826. The summed E-state index contributed by atoms with van der Waals surface area (Å²) in [5.74, 6) is -0.150. The van der Waals surface area contributed by atoms with Crippen molar-refractivity contribution in [2.45, 2.75) is 6.42 Å². The van der Waals surface area contributed by atoms with Gasteiger partial charge in [0.25, 0.3) is 0 Å². The SMILES string of the molecule is NC(=O)CC=Cc1cc(Cl)nnc1N. The van der Waals surface area contributed by atoms with Gasteiger partial charge < -0.3 is 11.5 Å². The maximum absolute atomic E-state index is 10.4. The van der Waals surface area contributed by atoms with Gasteiger partial charge in [0.15, 0.2) is 11.0 Å². The van der Waals surface area contributed by atoms with Crippen LogP contribution in [0.2, 0.25) is 5.15 Å². The van der Waals surface area contributed by atoms with E-state index in [1.807, 2.05) is 0 Å². The third kappa shape index (κ3) is 3.02. The molecule has 0 aromatic carbocycles. The van der Waals surface area contributed by atoms with Gasteiger partial charge in [0.05, 0.1) is 0 Å². The van der Waals surface area contributed by atoms with Crippen LogP contribution in [0.3, 0.4) is 0 Å². The van der Waals surface area contributed by atoms with E-state index in [1.165, 1.54) is 0 Å². The van der Waals surface area contributed by atoms with Gasteiger partial charge in [0.1, 0.15) is 0 Å². The summed E-state index contributed by atoms with van der Waals surface area (Å²) in [6.07, 6.45) is 3.37. The van der Waals surface area contributed by atoms with Crippen molar-refractivity contribution in [3.05, 3.63) is 22.9 Å². The van der Waals surface area contributed by atoms with Crippen LogP contribution in [0.5, 0.6) is 0 Å². The lowest BCUT2D eigenvalue weighted by molar-refractivity contribution is -0.117. The van der Waals surface area contributed by atoms with Crippen LogP contribution in [-0.4, -0.2) is 16.1 Å². The van der Waals surface area contributed by atoms with Crippen LogP contribution in [0.1, 0.15) is 12.0 Å². The molecule has 0 saturated heterocycles. The summed E-state index contributed by atoms with van der Waals surface area (Å²) in [7, 11) is 0. The van der Waals surface area contributed by atoms with E-state index < -0.39 is 5.91 Å². The molecular weight excluding hydrogens is 204 g/mol. The zero-order valence-corrected chi connectivity index (χ0v) is 8.03. The quantitative estimate of drug-likeness (QED) is 0.767. The van der Waals surface area contributed by atoms with Crippen LogP contribution < -0.4 is 11.5 Å². The molecule has 14 heavy (non-hydrogen) atoms. The van der Waals surface area contributed by atoms with Crippen LogP contribution in [0.15, 0.2) is 12.1 Å². The zero-order valence-electron chi connectivity index (χ0n) is 7.27. The van der Waals surface area contributed by atoms with E-state index in [2.05, 4.69) is 10.2 Å². The number of halogens is 1. The Morgan fingerprint density at radius 3 is 2.93 bits per heavy atom. The third-order valence-corrected chi connectivity index (χ3v) is 1.62. The lowest BCUT2D eigenvalue weighted by atomic mass is 10.2. The molecule has 1 aromatic rings. The van der Waals surface area contributed by atoms with Crippen molar-refractivity contribution in [3.63, 3.8) is 0 Å². The first-order valence-corrected chi connectivity index (χ1v) is 4.21. The van der Waals surface area contributed by atoms with Crippen LogP contribution in [0, 0.1) is 0 Å². The molecule has 0 spiro atoms. The topological polar surface area (TPSA) is 94.9 Å². The van der Waals surface area contributed by atoms with Crippen molar-refractivity contribution < 1.29 is 4.79 Å². The molecule has 6 heteroatoms. The minimum Gasteiger partial charge on any atom is -0.382 e. The minimum absolute atomic E-state index is 0.152. The predicted molar refractivity (Wildman–Crippen MR) is 54.3 cm³/mol. The smallest absolute Gasteiger partial charge is 0.221 e. The summed E-state index contributed by atoms with van der Waals surface area (Å²) in [6.45, 7) is 0. The van der Waals surface area contributed by atoms with Crippen molar-refractivity contribution in [2.24, 2.45) is 5.73 Å². The molecule has 0 bridgehead atoms. The van der Waals surface area contributed by atoms with E-state index in [4.69, 9.17) is 23.1 Å². The first kappa shape index (κ1) is 10.5. The van der Waals surface area contributed by atoms with Gasteiger partial charge in [-0.05, 0) is 6.07 Å². The second kappa shape index (κ2) is 4.57. The van der Waals surface area contributed by atoms with Crippen LogP contribution in [-0.2, 0) is 4.79 Å². The number of nitrogens with zero attached hydrogens (tertiary/aromatic N) is 2. The van der Waals surface area contributed by atoms with E-state index >= 15 is 0 Å². The highest BCUT2D eigenvalue weighted by atomic mass is 35.5. The van der Waals surface area contributed by atoms with Crippen molar-refractivity contribution >= 4 is 29.4 Å². The lowest BCUT2D eigenvalue weighted by Gasteiger charge is -1.97. The van der Waals surface area contributed by atoms with Gasteiger partial charge in [-0.15, -0.1) is 10.2 Å². The Morgan fingerprint density at radius 1 is 1.57 bits per heavy atom. The van der Waals surface area contributed by atoms with Gasteiger partial charge in [-0.1, -0.05) is 23.8 Å². The summed E-state index contributed by atoms with van der Waals surface area (Å²) in [5.41, 5.74) is 11.1. The average molecular weight is 213 g/mol. The molecule has 1 rings (SSSR count). The summed E-state index contributed by atoms with van der Waals surface area (Å²) >= 11 is 5.60. The molecule has 0 aliphatic heterocycles. The molecule has 0 radical (unpaired) electrons. The second-order valence-electron chi connectivity index (χ2n) is 2.58. The summed E-state index contributed by atoms with van der Waals surface area (Å²) in [5, 5.41) is 7.40. The average Bonchev–Trinajstić information content (AvgIpc) is 2.10. The molecule has 1 heterocycles. The molecule has 0 unspecified atom stereocenters. The third-order valence-electron chi connectivity index (χ3n) is 1.44. The molecule has 4 N–H and O–H groups in total. The molecule has 0 saturated carbocycles. The Kier molecular flexibility index (Phi) is 3.41.